The Morgan fingerprint density at radius 3 is 2.59 bits per heavy atom. The highest BCUT2D eigenvalue weighted by atomic mass is 16.5. The van der Waals surface area contributed by atoms with Crippen molar-refractivity contribution in [3.05, 3.63) is 100.0 Å². The summed E-state index contributed by atoms with van der Waals surface area (Å²) < 4.78 is 12.4. The Kier molecular flexibility index (Phi) is 6.37. The fourth-order valence-electron chi connectivity index (χ4n) is 3.24. The van der Waals surface area contributed by atoms with Crippen molar-refractivity contribution >= 4 is 23.3 Å². The fraction of sp³-hybridized carbons (Fsp3) is 0.0769. The number of amides is 1. The van der Waals surface area contributed by atoms with Gasteiger partial charge in [-0.05, 0) is 67.1 Å². The van der Waals surface area contributed by atoms with E-state index in [1.54, 1.807) is 60.8 Å². The van der Waals surface area contributed by atoms with E-state index in [2.05, 4.69) is 10.3 Å². The highest BCUT2D eigenvalue weighted by Gasteiger charge is 2.17. The molecule has 0 unspecified atom stereocenters. The fourth-order valence-corrected chi connectivity index (χ4v) is 3.24. The summed E-state index contributed by atoms with van der Waals surface area (Å²) >= 11 is 0. The number of aryl methyl sites for hydroxylation is 1. The number of benzene rings is 2. The summed E-state index contributed by atoms with van der Waals surface area (Å²) in [6.07, 6.45) is 2.75. The first-order chi connectivity index (χ1) is 16.5. The molecule has 0 aliphatic rings. The summed E-state index contributed by atoms with van der Waals surface area (Å²) in [5, 5.41) is 12.3. The number of ether oxygens (including phenoxy) is 2. The van der Waals surface area contributed by atoms with Crippen LogP contribution < -0.4 is 20.3 Å². The van der Waals surface area contributed by atoms with Gasteiger partial charge in [0.25, 0.3) is 11.5 Å². The maximum Gasteiger partial charge on any atom is 0.269 e. The molecule has 34 heavy (non-hydrogen) atoms. The van der Waals surface area contributed by atoms with Gasteiger partial charge < -0.3 is 14.8 Å². The molecule has 0 aliphatic carbocycles. The van der Waals surface area contributed by atoms with Crippen LogP contribution in [0.2, 0.25) is 0 Å². The molecular formula is C26H20N4O4. The molecule has 4 rings (SSSR count). The number of rotatable bonds is 6. The Labute approximate surface area is 195 Å². The highest BCUT2D eigenvalue weighted by molar-refractivity contribution is 6.09. The van der Waals surface area contributed by atoms with Crippen molar-refractivity contribution in [1.29, 1.82) is 5.26 Å². The van der Waals surface area contributed by atoms with Gasteiger partial charge in [0.15, 0.2) is 0 Å². The molecule has 8 nitrogen and oxygen atoms in total. The summed E-state index contributed by atoms with van der Waals surface area (Å²) in [5.41, 5.74) is 1.03. The molecule has 2 aromatic heterocycles. The zero-order chi connectivity index (χ0) is 24.1. The Morgan fingerprint density at radius 2 is 1.88 bits per heavy atom. The molecule has 1 N–H and O–H groups in total. The second-order valence-corrected chi connectivity index (χ2v) is 7.34. The van der Waals surface area contributed by atoms with E-state index in [0.29, 0.717) is 22.8 Å². The molecule has 0 saturated heterocycles. The number of nitrogens with zero attached hydrogens (tertiary/aromatic N) is 3. The van der Waals surface area contributed by atoms with E-state index in [4.69, 9.17) is 9.47 Å². The number of methoxy groups -OCH3 is 1. The number of carbonyl (C=O) groups is 1. The number of hydrogen-bond acceptors (Lipinski definition) is 6. The van der Waals surface area contributed by atoms with Crippen molar-refractivity contribution in [2.75, 3.05) is 12.4 Å². The van der Waals surface area contributed by atoms with E-state index in [0.717, 1.165) is 5.56 Å². The van der Waals surface area contributed by atoms with Crippen LogP contribution in [-0.4, -0.2) is 22.4 Å². The smallest absolute Gasteiger partial charge is 0.269 e. The van der Waals surface area contributed by atoms with Crippen molar-refractivity contribution < 1.29 is 14.3 Å². The largest absolute Gasteiger partial charge is 0.497 e. The zero-order valence-electron chi connectivity index (χ0n) is 18.5. The summed E-state index contributed by atoms with van der Waals surface area (Å²) in [6, 6.07) is 20.9. The lowest BCUT2D eigenvalue weighted by Gasteiger charge is -2.11. The molecule has 1 amide bonds. The molecule has 0 aliphatic heterocycles. The van der Waals surface area contributed by atoms with Crippen LogP contribution in [0.1, 0.15) is 11.1 Å². The third kappa shape index (κ3) is 4.79. The van der Waals surface area contributed by atoms with Gasteiger partial charge in [0.05, 0.1) is 7.11 Å². The second-order valence-electron chi connectivity index (χ2n) is 7.34. The molecule has 0 atom stereocenters. The molecular weight excluding hydrogens is 432 g/mol. The topological polar surface area (TPSA) is 106 Å². The number of hydrogen-bond donors (Lipinski definition) is 1. The molecule has 0 saturated carbocycles. The monoisotopic (exact) mass is 452 g/mol. The van der Waals surface area contributed by atoms with Crippen molar-refractivity contribution in [3.8, 4) is 23.4 Å². The van der Waals surface area contributed by atoms with Crippen molar-refractivity contribution in [2.45, 2.75) is 6.92 Å². The maximum absolute atomic E-state index is 13.3. The average Bonchev–Trinajstić information content (AvgIpc) is 2.84. The van der Waals surface area contributed by atoms with E-state index < -0.39 is 11.5 Å². The van der Waals surface area contributed by atoms with Crippen LogP contribution in [0.4, 0.5) is 5.69 Å². The first-order valence-corrected chi connectivity index (χ1v) is 10.3. The van der Waals surface area contributed by atoms with Crippen LogP contribution in [0.25, 0.3) is 11.7 Å². The van der Waals surface area contributed by atoms with Gasteiger partial charge in [-0.15, -0.1) is 0 Å². The van der Waals surface area contributed by atoms with Gasteiger partial charge in [0, 0.05) is 11.9 Å². The van der Waals surface area contributed by atoms with Gasteiger partial charge in [-0.25, -0.2) is 0 Å². The number of nitriles is 1. The Hall–Kier alpha value is -4.90. The molecule has 4 aromatic rings. The molecule has 0 bridgehead atoms. The zero-order valence-corrected chi connectivity index (χ0v) is 18.5. The predicted molar refractivity (Wildman–Crippen MR) is 128 cm³/mol. The van der Waals surface area contributed by atoms with Crippen molar-refractivity contribution in [2.24, 2.45) is 0 Å². The Bertz CT molecular complexity index is 1500. The summed E-state index contributed by atoms with van der Waals surface area (Å²) in [6.45, 7) is 1.91. The molecule has 2 heterocycles. The highest BCUT2D eigenvalue weighted by Crippen LogP contribution is 2.25. The van der Waals surface area contributed by atoms with Gasteiger partial charge in [-0.2, -0.15) is 10.2 Å². The number of fused-ring (bicyclic) bond motifs is 1. The van der Waals surface area contributed by atoms with Crippen LogP contribution in [0, 0.1) is 18.3 Å². The van der Waals surface area contributed by atoms with Crippen LogP contribution in [0.5, 0.6) is 17.4 Å². The molecule has 0 spiro atoms. The lowest BCUT2D eigenvalue weighted by molar-refractivity contribution is -0.112. The summed E-state index contributed by atoms with van der Waals surface area (Å²) in [4.78, 5) is 30.5. The number of nitrogens with one attached hydrogen (secondary N) is 1. The summed E-state index contributed by atoms with van der Waals surface area (Å²) in [7, 11) is 1.54. The lowest BCUT2D eigenvalue weighted by Crippen LogP contribution is -2.20. The van der Waals surface area contributed by atoms with Gasteiger partial charge >= 0.3 is 0 Å². The number of carbonyl (C=O) groups excluding carboxylic acids is 1. The van der Waals surface area contributed by atoms with E-state index in [1.165, 1.54) is 17.6 Å². The minimum absolute atomic E-state index is 0.00759. The third-order valence-corrected chi connectivity index (χ3v) is 4.94. The lowest BCUT2D eigenvalue weighted by atomic mass is 10.1. The van der Waals surface area contributed by atoms with Crippen molar-refractivity contribution in [3.63, 3.8) is 0 Å². The first-order valence-electron chi connectivity index (χ1n) is 10.3. The molecule has 0 fully saturated rings. The minimum atomic E-state index is -0.674. The van der Waals surface area contributed by atoms with Gasteiger partial charge in [0.2, 0.25) is 5.88 Å². The maximum atomic E-state index is 13.3. The van der Waals surface area contributed by atoms with Crippen molar-refractivity contribution in [1.82, 2.24) is 9.38 Å². The Morgan fingerprint density at radius 1 is 1.09 bits per heavy atom. The van der Waals surface area contributed by atoms with Crippen LogP contribution >= 0.6 is 0 Å². The van der Waals surface area contributed by atoms with E-state index >= 15 is 0 Å². The number of aromatic nitrogens is 2. The van der Waals surface area contributed by atoms with Gasteiger partial charge in [0.1, 0.15) is 34.4 Å². The molecule has 0 radical (unpaired) electrons. The van der Waals surface area contributed by atoms with Crippen LogP contribution in [-0.2, 0) is 4.79 Å². The third-order valence-electron chi connectivity index (χ3n) is 4.94. The van der Waals surface area contributed by atoms with Gasteiger partial charge in [-0.1, -0.05) is 18.2 Å². The minimum Gasteiger partial charge on any atom is -0.497 e. The predicted octanol–water partition coefficient (Wildman–Crippen LogP) is 4.35. The second kappa shape index (κ2) is 9.71. The van der Waals surface area contributed by atoms with Gasteiger partial charge in [-0.3, -0.25) is 14.0 Å². The van der Waals surface area contributed by atoms with E-state index in [1.807, 2.05) is 25.1 Å². The Balaban J connectivity index is 1.77. The molecule has 8 heteroatoms. The molecule has 168 valence electrons. The number of anilines is 1. The van der Waals surface area contributed by atoms with Crippen LogP contribution in [0.3, 0.4) is 0 Å². The SMILES string of the molecule is COc1ccc(NC(=O)/C(C#N)=C/c2c(Oc3cccc(C)c3)nc3ccccn3c2=O)cc1. The van der Waals surface area contributed by atoms with E-state index in [-0.39, 0.29) is 17.0 Å². The van der Waals surface area contributed by atoms with E-state index in [9.17, 15) is 14.9 Å². The van der Waals surface area contributed by atoms with Crippen LogP contribution in [0.15, 0.2) is 83.3 Å². The molecule has 2 aromatic carbocycles. The first kappa shape index (κ1) is 22.3. The normalized spacial score (nSPS) is 11.0. The summed E-state index contributed by atoms with van der Waals surface area (Å²) in [5.74, 6) is 0.420. The number of pyridine rings is 1. The average molecular weight is 452 g/mol. The quantitative estimate of drug-likeness (QED) is 0.344. The standard InChI is InChI=1S/C26H20N4O4/c1-17-6-5-7-21(14-17)34-25-22(26(32)30-13-4-3-8-23(30)29-25)15-18(16-27)24(31)28-19-9-11-20(33-2)12-10-19/h3-15H,1-2H3,(H,28,31)/b18-15+.